The van der Waals surface area contributed by atoms with Crippen molar-refractivity contribution >= 4 is 46.8 Å². The quantitative estimate of drug-likeness (QED) is 0.408. The average Bonchev–Trinajstić information content (AvgIpc) is 2.61. The lowest BCUT2D eigenvalue weighted by Gasteiger charge is -2.20. The van der Waals surface area contributed by atoms with E-state index in [4.69, 9.17) is 4.65 Å². The zero-order valence-corrected chi connectivity index (χ0v) is 15.6. The molecular weight excluding hydrogens is 461 g/mol. The standard InChI is InChI=1S/C17H14BF3INO3/c19-17(20,21)14-4-2-11(7-12(14)9-22)16(24)23-13-3-1-10-5-6-26-18(25)15(10)8-13/h1-4,7-8,25H,5-6,9H2,(H,23,24). The molecule has 2 aromatic rings. The predicted octanol–water partition coefficient (Wildman–Crippen LogP) is 3.15. The topological polar surface area (TPSA) is 58.6 Å². The van der Waals surface area contributed by atoms with Gasteiger partial charge in [0.25, 0.3) is 5.91 Å². The van der Waals surface area contributed by atoms with Gasteiger partial charge in [-0.25, -0.2) is 0 Å². The molecule has 0 saturated carbocycles. The van der Waals surface area contributed by atoms with Gasteiger partial charge in [-0.2, -0.15) is 13.2 Å². The number of carbonyl (C=O) groups excluding carboxylic acids is 1. The van der Waals surface area contributed by atoms with Crippen LogP contribution in [0.3, 0.4) is 0 Å². The second kappa shape index (κ2) is 7.57. The molecule has 1 aliphatic rings. The Bertz CT molecular complexity index is 844. The number of benzene rings is 2. The third kappa shape index (κ3) is 4.04. The molecule has 1 aliphatic heterocycles. The highest BCUT2D eigenvalue weighted by molar-refractivity contribution is 14.1. The second-order valence-electron chi connectivity index (χ2n) is 5.84. The van der Waals surface area contributed by atoms with Crippen LogP contribution in [0.2, 0.25) is 0 Å². The first-order valence-corrected chi connectivity index (χ1v) is 9.32. The van der Waals surface area contributed by atoms with Crippen molar-refractivity contribution in [2.75, 3.05) is 11.9 Å². The normalized spacial score (nSPS) is 14.1. The van der Waals surface area contributed by atoms with Gasteiger partial charge < -0.3 is 15.0 Å². The van der Waals surface area contributed by atoms with E-state index in [0.717, 1.165) is 17.7 Å². The summed E-state index contributed by atoms with van der Waals surface area (Å²) in [6, 6.07) is 8.43. The summed E-state index contributed by atoms with van der Waals surface area (Å²) in [7, 11) is -1.05. The van der Waals surface area contributed by atoms with E-state index in [1.54, 1.807) is 18.2 Å². The highest BCUT2D eigenvalue weighted by Gasteiger charge is 2.33. The third-order valence-corrected chi connectivity index (χ3v) is 4.96. The molecule has 26 heavy (non-hydrogen) atoms. The molecular formula is C17H14BF3INO3. The average molecular weight is 475 g/mol. The van der Waals surface area contributed by atoms with E-state index < -0.39 is 24.8 Å². The Morgan fingerprint density at radius 3 is 2.73 bits per heavy atom. The Labute approximate surface area is 162 Å². The fourth-order valence-electron chi connectivity index (χ4n) is 2.83. The summed E-state index contributed by atoms with van der Waals surface area (Å²) in [6.45, 7) is 0.421. The Kier molecular flexibility index (Phi) is 5.59. The van der Waals surface area contributed by atoms with Crippen LogP contribution in [0.4, 0.5) is 18.9 Å². The molecule has 3 rings (SSSR count). The molecule has 0 spiro atoms. The Hall–Kier alpha value is -1.59. The predicted molar refractivity (Wildman–Crippen MR) is 101 cm³/mol. The van der Waals surface area contributed by atoms with Crippen LogP contribution in [0.5, 0.6) is 0 Å². The Morgan fingerprint density at radius 2 is 2.04 bits per heavy atom. The molecule has 0 radical (unpaired) electrons. The number of rotatable bonds is 3. The molecule has 0 bridgehead atoms. The fourth-order valence-corrected chi connectivity index (χ4v) is 3.46. The molecule has 4 nitrogen and oxygen atoms in total. The van der Waals surface area contributed by atoms with E-state index in [1.165, 1.54) is 6.07 Å². The first-order valence-electron chi connectivity index (χ1n) is 7.79. The Balaban J connectivity index is 1.83. The summed E-state index contributed by atoms with van der Waals surface area (Å²) >= 11 is 1.83. The summed E-state index contributed by atoms with van der Waals surface area (Å²) in [5, 5.41) is 12.5. The zero-order chi connectivity index (χ0) is 18.9. The van der Waals surface area contributed by atoms with Gasteiger partial charge in [-0.1, -0.05) is 28.7 Å². The van der Waals surface area contributed by atoms with Crippen LogP contribution in [-0.2, 0) is 21.7 Å². The van der Waals surface area contributed by atoms with E-state index in [1.807, 2.05) is 22.6 Å². The van der Waals surface area contributed by atoms with Gasteiger partial charge in [0.15, 0.2) is 0 Å². The lowest BCUT2D eigenvalue weighted by atomic mass is 9.73. The molecule has 0 fully saturated rings. The molecule has 0 aliphatic carbocycles. The van der Waals surface area contributed by atoms with Gasteiger partial charge in [0.1, 0.15) is 0 Å². The zero-order valence-electron chi connectivity index (χ0n) is 13.4. The maximum Gasteiger partial charge on any atom is 0.491 e. The number of halogens is 4. The summed E-state index contributed by atoms with van der Waals surface area (Å²) in [5.41, 5.74) is 1.41. The molecule has 2 N–H and O–H groups in total. The van der Waals surface area contributed by atoms with Gasteiger partial charge in [-0.15, -0.1) is 0 Å². The van der Waals surface area contributed by atoms with Gasteiger partial charge in [0.2, 0.25) is 0 Å². The Morgan fingerprint density at radius 1 is 1.27 bits per heavy atom. The first kappa shape index (κ1) is 19.2. The SMILES string of the molecule is O=C(Nc1ccc2c(c1)B(O)OCC2)c1ccc(C(F)(F)F)c(CI)c1. The second-order valence-corrected chi connectivity index (χ2v) is 6.61. The number of hydrogen-bond donors (Lipinski definition) is 2. The third-order valence-electron chi connectivity index (χ3n) is 4.13. The summed E-state index contributed by atoms with van der Waals surface area (Å²) in [6.07, 6.45) is -3.79. The molecule has 1 heterocycles. The van der Waals surface area contributed by atoms with Crippen LogP contribution in [0, 0.1) is 0 Å². The molecule has 0 unspecified atom stereocenters. The molecule has 9 heteroatoms. The molecule has 1 amide bonds. The first-order chi connectivity index (χ1) is 12.3. The lowest BCUT2D eigenvalue weighted by Crippen LogP contribution is -2.41. The summed E-state index contributed by atoms with van der Waals surface area (Å²) < 4.78 is 44.2. The van der Waals surface area contributed by atoms with Crippen LogP contribution in [0.15, 0.2) is 36.4 Å². The minimum absolute atomic E-state index is 0.0556. The van der Waals surface area contributed by atoms with Crippen molar-refractivity contribution < 1.29 is 27.6 Å². The van der Waals surface area contributed by atoms with E-state index in [2.05, 4.69) is 5.32 Å². The molecule has 0 saturated heterocycles. The molecule has 136 valence electrons. The number of fused-ring (bicyclic) bond motifs is 1. The van der Waals surface area contributed by atoms with Crippen LogP contribution in [0.1, 0.15) is 27.0 Å². The number of anilines is 1. The van der Waals surface area contributed by atoms with Crippen LogP contribution in [0.25, 0.3) is 0 Å². The van der Waals surface area contributed by atoms with Crippen molar-refractivity contribution in [1.29, 1.82) is 0 Å². The smallest absolute Gasteiger partial charge is 0.423 e. The van der Waals surface area contributed by atoms with E-state index in [-0.39, 0.29) is 15.6 Å². The maximum absolute atomic E-state index is 13.0. The fraction of sp³-hybridized carbons (Fsp3) is 0.235. The van der Waals surface area contributed by atoms with E-state index in [9.17, 15) is 23.0 Å². The number of alkyl halides is 4. The molecule has 0 aromatic heterocycles. The van der Waals surface area contributed by atoms with Crippen molar-refractivity contribution in [1.82, 2.24) is 0 Å². The maximum atomic E-state index is 13.0. The molecule has 0 atom stereocenters. The minimum atomic E-state index is -4.45. The van der Waals surface area contributed by atoms with Gasteiger partial charge in [-0.05, 0) is 53.3 Å². The highest BCUT2D eigenvalue weighted by Crippen LogP contribution is 2.33. The van der Waals surface area contributed by atoms with Gasteiger partial charge in [0, 0.05) is 22.3 Å². The van der Waals surface area contributed by atoms with Crippen molar-refractivity contribution in [2.24, 2.45) is 0 Å². The number of amides is 1. The lowest BCUT2D eigenvalue weighted by molar-refractivity contribution is -0.138. The minimum Gasteiger partial charge on any atom is -0.423 e. The van der Waals surface area contributed by atoms with Gasteiger partial charge >= 0.3 is 13.3 Å². The molecule has 2 aromatic carbocycles. The van der Waals surface area contributed by atoms with Crippen molar-refractivity contribution in [3.8, 4) is 0 Å². The number of hydrogen-bond acceptors (Lipinski definition) is 3. The van der Waals surface area contributed by atoms with Crippen molar-refractivity contribution in [3.63, 3.8) is 0 Å². The summed E-state index contributed by atoms with van der Waals surface area (Å²) in [5.74, 6) is -0.518. The van der Waals surface area contributed by atoms with Crippen molar-refractivity contribution in [3.05, 3.63) is 58.7 Å². The van der Waals surface area contributed by atoms with Gasteiger partial charge in [0.05, 0.1) is 5.56 Å². The van der Waals surface area contributed by atoms with Crippen LogP contribution < -0.4 is 10.8 Å². The van der Waals surface area contributed by atoms with Crippen LogP contribution >= 0.6 is 22.6 Å². The number of carbonyl (C=O) groups is 1. The van der Waals surface area contributed by atoms with Crippen molar-refractivity contribution in [2.45, 2.75) is 17.0 Å². The monoisotopic (exact) mass is 475 g/mol. The largest absolute Gasteiger partial charge is 0.491 e. The van der Waals surface area contributed by atoms with Crippen LogP contribution in [-0.4, -0.2) is 24.7 Å². The number of nitrogens with one attached hydrogen (secondary N) is 1. The van der Waals surface area contributed by atoms with Gasteiger partial charge in [-0.3, -0.25) is 4.79 Å². The van der Waals surface area contributed by atoms with E-state index >= 15 is 0 Å². The summed E-state index contributed by atoms with van der Waals surface area (Å²) in [4.78, 5) is 12.4. The highest BCUT2D eigenvalue weighted by atomic mass is 127. The van der Waals surface area contributed by atoms with E-state index in [0.29, 0.717) is 24.2 Å².